The van der Waals surface area contributed by atoms with Crippen LogP contribution in [0.15, 0.2) is 42.5 Å². The van der Waals surface area contributed by atoms with E-state index in [9.17, 15) is 17.6 Å². The van der Waals surface area contributed by atoms with E-state index in [-0.39, 0.29) is 18.8 Å². The van der Waals surface area contributed by atoms with Gasteiger partial charge in [0.15, 0.2) is 0 Å². The Hall–Kier alpha value is -2.98. The van der Waals surface area contributed by atoms with Gasteiger partial charge in [-0.25, -0.2) is 22.6 Å². The number of esters is 1. The standard InChI is InChI=1S/C24H29FN4O4S/c1-4-11-34(31,32)29-13-21(28-24-26-19-10-9-18(25)12-20(19)27-24)22(14-29)33-23(30)17-7-5-16(6-8-17)15(2)3/h5-10,12,15,21-22H,4,11,13-14H2,1-3H3,(H2,26,27,28)/t21-,22-/m0/s1. The Balaban J connectivity index is 1.55. The molecule has 1 fully saturated rings. The molecule has 1 aliphatic heterocycles. The van der Waals surface area contributed by atoms with Crippen LogP contribution in [0, 0.1) is 5.82 Å². The van der Waals surface area contributed by atoms with Crippen molar-refractivity contribution in [2.75, 3.05) is 24.2 Å². The number of anilines is 1. The fraction of sp³-hybridized carbons (Fsp3) is 0.417. The van der Waals surface area contributed by atoms with Gasteiger partial charge in [0, 0.05) is 6.54 Å². The summed E-state index contributed by atoms with van der Waals surface area (Å²) in [5.74, 6) is -0.212. The highest BCUT2D eigenvalue weighted by Gasteiger charge is 2.41. The predicted molar refractivity (Wildman–Crippen MR) is 129 cm³/mol. The average Bonchev–Trinajstić information content (AvgIpc) is 3.37. The van der Waals surface area contributed by atoms with Crippen molar-refractivity contribution in [3.63, 3.8) is 0 Å². The number of carbonyl (C=O) groups is 1. The van der Waals surface area contributed by atoms with Gasteiger partial charge in [-0.3, -0.25) is 0 Å². The summed E-state index contributed by atoms with van der Waals surface area (Å²) < 4.78 is 46.1. The highest BCUT2D eigenvalue weighted by molar-refractivity contribution is 7.89. The number of halogens is 1. The molecule has 2 N–H and O–H groups in total. The molecule has 2 heterocycles. The zero-order valence-electron chi connectivity index (χ0n) is 19.4. The number of fused-ring (bicyclic) bond motifs is 1. The maximum absolute atomic E-state index is 13.5. The molecule has 0 saturated carbocycles. The van der Waals surface area contributed by atoms with E-state index in [0.717, 1.165) is 5.56 Å². The van der Waals surface area contributed by atoms with E-state index in [0.29, 0.717) is 34.9 Å². The van der Waals surface area contributed by atoms with Crippen molar-refractivity contribution in [3.8, 4) is 0 Å². The topological polar surface area (TPSA) is 104 Å². The van der Waals surface area contributed by atoms with Gasteiger partial charge in [0.05, 0.1) is 34.9 Å². The van der Waals surface area contributed by atoms with Gasteiger partial charge in [-0.15, -0.1) is 0 Å². The summed E-state index contributed by atoms with van der Waals surface area (Å²) >= 11 is 0. The van der Waals surface area contributed by atoms with Gasteiger partial charge < -0.3 is 15.0 Å². The second kappa shape index (κ2) is 9.71. The quantitative estimate of drug-likeness (QED) is 0.466. The van der Waals surface area contributed by atoms with E-state index in [2.05, 4.69) is 29.1 Å². The van der Waals surface area contributed by atoms with Crippen molar-refractivity contribution in [3.05, 3.63) is 59.4 Å². The molecule has 1 saturated heterocycles. The van der Waals surface area contributed by atoms with Crippen LogP contribution in [0.5, 0.6) is 0 Å². The van der Waals surface area contributed by atoms with Crippen molar-refractivity contribution in [2.45, 2.75) is 45.3 Å². The SMILES string of the molecule is CCCS(=O)(=O)N1C[C@H](Nc2nc3ccc(F)cc3[nH]2)[C@@H](OC(=O)c2ccc(C(C)C)cc2)C1. The minimum atomic E-state index is -3.49. The number of benzene rings is 2. The Labute approximate surface area is 198 Å². The summed E-state index contributed by atoms with van der Waals surface area (Å²) in [4.78, 5) is 20.2. The molecule has 0 unspecified atom stereocenters. The summed E-state index contributed by atoms with van der Waals surface area (Å²) in [5.41, 5.74) is 2.58. The summed E-state index contributed by atoms with van der Waals surface area (Å²) in [5, 5.41) is 3.15. The Morgan fingerprint density at radius 2 is 1.97 bits per heavy atom. The van der Waals surface area contributed by atoms with Gasteiger partial charge in [-0.2, -0.15) is 4.31 Å². The molecule has 1 aliphatic rings. The molecule has 1 aromatic heterocycles. The summed E-state index contributed by atoms with van der Waals surface area (Å²) in [6, 6.07) is 10.9. The number of ether oxygens (including phenoxy) is 1. The minimum absolute atomic E-state index is 0.0148. The van der Waals surface area contributed by atoms with Crippen molar-refractivity contribution >= 4 is 33.0 Å². The van der Waals surface area contributed by atoms with Crippen LogP contribution in [0.1, 0.15) is 49.0 Å². The van der Waals surface area contributed by atoms with E-state index in [1.807, 2.05) is 12.1 Å². The van der Waals surface area contributed by atoms with Crippen molar-refractivity contribution < 1.29 is 22.3 Å². The molecular formula is C24H29FN4O4S. The molecule has 0 aliphatic carbocycles. The average molecular weight is 489 g/mol. The second-order valence-electron chi connectivity index (χ2n) is 8.85. The Bertz CT molecular complexity index is 1270. The molecule has 0 bridgehead atoms. The largest absolute Gasteiger partial charge is 0.455 e. The van der Waals surface area contributed by atoms with E-state index in [4.69, 9.17) is 4.74 Å². The van der Waals surface area contributed by atoms with Crippen LogP contribution >= 0.6 is 0 Å². The summed E-state index contributed by atoms with van der Waals surface area (Å²) in [6.45, 7) is 6.11. The monoisotopic (exact) mass is 488 g/mol. The molecule has 10 heteroatoms. The highest BCUT2D eigenvalue weighted by atomic mass is 32.2. The number of hydrogen-bond acceptors (Lipinski definition) is 6. The molecule has 2 aromatic carbocycles. The van der Waals surface area contributed by atoms with Gasteiger partial charge in [0.2, 0.25) is 16.0 Å². The van der Waals surface area contributed by atoms with Crippen LogP contribution in [0.2, 0.25) is 0 Å². The first-order valence-electron chi connectivity index (χ1n) is 11.4. The van der Waals surface area contributed by atoms with E-state index < -0.39 is 34.0 Å². The zero-order chi connectivity index (χ0) is 24.5. The third-order valence-electron chi connectivity index (χ3n) is 5.93. The number of aromatic amines is 1. The third-order valence-corrected chi connectivity index (χ3v) is 7.93. The first kappa shape index (κ1) is 24.2. The summed E-state index contributed by atoms with van der Waals surface area (Å²) in [6.07, 6.45) is -0.243. The Kier molecular flexibility index (Phi) is 6.90. The van der Waals surface area contributed by atoms with Gasteiger partial charge in [0.25, 0.3) is 0 Å². The molecule has 0 radical (unpaired) electrons. The molecule has 0 amide bonds. The molecular weight excluding hydrogens is 459 g/mol. The van der Waals surface area contributed by atoms with Gasteiger partial charge in [-0.05, 0) is 48.2 Å². The summed E-state index contributed by atoms with van der Waals surface area (Å²) in [7, 11) is -3.49. The maximum atomic E-state index is 13.5. The number of nitrogens with one attached hydrogen (secondary N) is 2. The lowest BCUT2D eigenvalue weighted by molar-refractivity contribution is 0.0316. The zero-order valence-corrected chi connectivity index (χ0v) is 20.2. The van der Waals surface area contributed by atoms with Crippen LogP contribution in [-0.2, 0) is 14.8 Å². The van der Waals surface area contributed by atoms with E-state index >= 15 is 0 Å². The molecule has 34 heavy (non-hydrogen) atoms. The normalized spacial score (nSPS) is 19.1. The lowest BCUT2D eigenvalue weighted by Gasteiger charge is -2.20. The highest BCUT2D eigenvalue weighted by Crippen LogP contribution is 2.24. The van der Waals surface area contributed by atoms with Gasteiger partial charge in [-0.1, -0.05) is 32.9 Å². The molecule has 4 rings (SSSR count). The molecule has 0 spiro atoms. The molecule has 2 atom stereocenters. The third kappa shape index (κ3) is 5.23. The van der Waals surface area contributed by atoms with Crippen molar-refractivity contribution in [1.29, 1.82) is 0 Å². The number of aromatic nitrogens is 2. The second-order valence-corrected chi connectivity index (χ2v) is 10.9. The lowest BCUT2D eigenvalue weighted by atomic mass is 10.0. The number of H-pyrrole nitrogens is 1. The van der Waals surface area contributed by atoms with Gasteiger partial charge >= 0.3 is 5.97 Å². The van der Waals surface area contributed by atoms with Crippen LogP contribution in [0.4, 0.5) is 10.3 Å². The number of nitrogens with zero attached hydrogens (tertiary/aromatic N) is 2. The number of carbonyl (C=O) groups excluding carboxylic acids is 1. The van der Waals surface area contributed by atoms with Crippen LogP contribution in [-0.4, -0.2) is 59.6 Å². The number of sulfonamides is 1. The van der Waals surface area contributed by atoms with Crippen molar-refractivity contribution in [2.24, 2.45) is 0 Å². The first-order chi connectivity index (χ1) is 16.2. The first-order valence-corrected chi connectivity index (χ1v) is 13.0. The van der Waals surface area contributed by atoms with E-state index in [1.165, 1.54) is 16.4 Å². The Morgan fingerprint density at radius 3 is 2.65 bits per heavy atom. The number of hydrogen-bond donors (Lipinski definition) is 2. The van der Waals surface area contributed by atoms with Crippen LogP contribution < -0.4 is 5.32 Å². The fourth-order valence-electron chi connectivity index (χ4n) is 4.05. The molecule has 8 nitrogen and oxygen atoms in total. The molecule has 182 valence electrons. The van der Waals surface area contributed by atoms with Crippen LogP contribution in [0.3, 0.4) is 0 Å². The lowest BCUT2D eigenvalue weighted by Crippen LogP contribution is -2.36. The smallest absolute Gasteiger partial charge is 0.338 e. The fourth-order valence-corrected chi connectivity index (χ4v) is 5.58. The Morgan fingerprint density at radius 1 is 1.24 bits per heavy atom. The molecule has 3 aromatic rings. The van der Waals surface area contributed by atoms with Crippen molar-refractivity contribution in [1.82, 2.24) is 14.3 Å². The number of imidazole rings is 1. The minimum Gasteiger partial charge on any atom is -0.455 e. The predicted octanol–water partition coefficient (Wildman–Crippen LogP) is 3.89. The van der Waals surface area contributed by atoms with Gasteiger partial charge in [0.1, 0.15) is 11.9 Å². The van der Waals surface area contributed by atoms with Crippen LogP contribution in [0.25, 0.3) is 11.0 Å². The maximum Gasteiger partial charge on any atom is 0.338 e. The number of rotatable bonds is 8. The van der Waals surface area contributed by atoms with E-state index in [1.54, 1.807) is 25.1 Å².